The summed E-state index contributed by atoms with van der Waals surface area (Å²) < 4.78 is 0. The number of carboxylic acid groups (broad SMARTS) is 1. The van der Waals surface area contributed by atoms with Crippen molar-refractivity contribution in [2.45, 2.75) is 51.7 Å². The van der Waals surface area contributed by atoms with Gasteiger partial charge in [-0.1, -0.05) is 20.3 Å². The van der Waals surface area contributed by atoms with Crippen molar-refractivity contribution in [3.8, 4) is 0 Å². The van der Waals surface area contributed by atoms with E-state index >= 15 is 0 Å². The van der Waals surface area contributed by atoms with Gasteiger partial charge < -0.3 is 32.5 Å². The number of primary amides is 1. The van der Waals surface area contributed by atoms with Gasteiger partial charge in [-0.2, -0.15) is 0 Å². The molecule has 0 aliphatic heterocycles. The highest BCUT2D eigenvalue weighted by molar-refractivity contribution is 5.93. The standard InChI is InChI=1S/C15H27N5O6/c1-4-7(2)12(14(24)19-8(3)15(25)26)20-11(22)6-18-13(23)9(16)5-10(17)21/h7-9,12H,4-6,16H2,1-3H3,(H2,17,21)(H,18,23)(H,19,24)(H,20,22)(H,25,26). The molecule has 0 saturated carbocycles. The highest BCUT2D eigenvalue weighted by Gasteiger charge is 2.28. The lowest BCUT2D eigenvalue weighted by molar-refractivity contribution is -0.142. The second kappa shape index (κ2) is 11.0. The highest BCUT2D eigenvalue weighted by atomic mass is 16.4. The molecule has 0 rings (SSSR count). The topological polar surface area (TPSA) is 194 Å². The van der Waals surface area contributed by atoms with Crippen molar-refractivity contribution in [2.75, 3.05) is 6.54 Å². The van der Waals surface area contributed by atoms with E-state index < -0.39 is 54.3 Å². The molecule has 0 aromatic rings. The SMILES string of the molecule is CCC(C)C(NC(=O)CNC(=O)C(N)CC(N)=O)C(=O)NC(C)C(=O)O. The van der Waals surface area contributed by atoms with Crippen molar-refractivity contribution in [3.63, 3.8) is 0 Å². The van der Waals surface area contributed by atoms with Gasteiger partial charge in [0.15, 0.2) is 0 Å². The molecule has 148 valence electrons. The average Bonchev–Trinajstić information content (AvgIpc) is 2.55. The first kappa shape index (κ1) is 23.3. The largest absolute Gasteiger partial charge is 0.480 e. The monoisotopic (exact) mass is 373 g/mol. The molecule has 11 heteroatoms. The van der Waals surface area contributed by atoms with Gasteiger partial charge in [0.25, 0.3) is 0 Å². The second-order valence-corrected chi connectivity index (χ2v) is 5.99. The maximum Gasteiger partial charge on any atom is 0.325 e. The number of carboxylic acids is 1. The summed E-state index contributed by atoms with van der Waals surface area (Å²) in [4.78, 5) is 57.4. The molecule has 4 atom stereocenters. The number of aliphatic carboxylic acids is 1. The Kier molecular flexibility index (Phi) is 9.89. The molecule has 8 N–H and O–H groups in total. The summed E-state index contributed by atoms with van der Waals surface area (Å²) in [5.41, 5.74) is 10.4. The van der Waals surface area contributed by atoms with Gasteiger partial charge in [-0.3, -0.25) is 24.0 Å². The van der Waals surface area contributed by atoms with Crippen molar-refractivity contribution >= 4 is 29.6 Å². The van der Waals surface area contributed by atoms with Gasteiger partial charge in [0.1, 0.15) is 12.1 Å². The predicted molar refractivity (Wildman–Crippen MR) is 91.4 cm³/mol. The van der Waals surface area contributed by atoms with E-state index in [1.165, 1.54) is 6.92 Å². The van der Waals surface area contributed by atoms with Crippen LogP contribution in [-0.2, 0) is 24.0 Å². The molecule has 0 aliphatic carbocycles. The van der Waals surface area contributed by atoms with Crippen LogP contribution in [0.15, 0.2) is 0 Å². The molecule has 0 bridgehead atoms. The summed E-state index contributed by atoms with van der Waals surface area (Å²) in [5.74, 6) is -4.26. The molecule has 0 radical (unpaired) electrons. The number of nitrogens with one attached hydrogen (secondary N) is 3. The molecular weight excluding hydrogens is 346 g/mol. The molecule has 0 saturated heterocycles. The number of nitrogens with two attached hydrogens (primary N) is 2. The fourth-order valence-electron chi connectivity index (χ4n) is 1.90. The first-order valence-electron chi connectivity index (χ1n) is 8.13. The summed E-state index contributed by atoms with van der Waals surface area (Å²) in [7, 11) is 0. The van der Waals surface area contributed by atoms with Gasteiger partial charge in [0, 0.05) is 0 Å². The van der Waals surface area contributed by atoms with Crippen LogP contribution in [-0.4, -0.2) is 59.4 Å². The van der Waals surface area contributed by atoms with Gasteiger partial charge in [0.05, 0.1) is 19.0 Å². The van der Waals surface area contributed by atoms with Crippen LogP contribution in [0.4, 0.5) is 0 Å². The zero-order chi connectivity index (χ0) is 20.4. The number of carbonyl (C=O) groups is 5. The highest BCUT2D eigenvalue weighted by Crippen LogP contribution is 2.08. The van der Waals surface area contributed by atoms with Crippen LogP contribution < -0.4 is 27.4 Å². The molecule has 0 fully saturated rings. The average molecular weight is 373 g/mol. The quantitative estimate of drug-likeness (QED) is 0.229. The van der Waals surface area contributed by atoms with Crippen LogP contribution in [0.25, 0.3) is 0 Å². The second-order valence-electron chi connectivity index (χ2n) is 5.99. The third-order valence-electron chi connectivity index (χ3n) is 3.72. The minimum atomic E-state index is -1.21. The fraction of sp³-hybridized carbons (Fsp3) is 0.667. The number of amides is 4. The zero-order valence-electron chi connectivity index (χ0n) is 15.1. The van der Waals surface area contributed by atoms with Crippen LogP contribution in [0, 0.1) is 5.92 Å². The van der Waals surface area contributed by atoms with E-state index in [1.807, 2.05) is 6.92 Å². The van der Waals surface area contributed by atoms with E-state index in [0.717, 1.165) is 0 Å². The molecular formula is C15H27N5O6. The maximum atomic E-state index is 12.2. The Hall–Kier alpha value is -2.69. The van der Waals surface area contributed by atoms with Crippen LogP contribution in [0.3, 0.4) is 0 Å². The summed E-state index contributed by atoms with van der Waals surface area (Å²) >= 11 is 0. The summed E-state index contributed by atoms with van der Waals surface area (Å²) in [6.07, 6.45) is 0.189. The van der Waals surface area contributed by atoms with E-state index in [9.17, 15) is 24.0 Å². The van der Waals surface area contributed by atoms with Gasteiger partial charge >= 0.3 is 5.97 Å². The normalized spacial score (nSPS) is 15.1. The van der Waals surface area contributed by atoms with Gasteiger partial charge in [-0.15, -0.1) is 0 Å². The molecule has 0 aromatic heterocycles. The number of carbonyl (C=O) groups excluding carboxylic acids is 4. The summed E-state index contributed by atoms with van der Waals surface area (Å²) in [5, 5.41) is 15.8. The van der Waals surface area contributed by atoms with E-state index in [-0.39, 0.29) is 12.3 Å². The van der Waals surface area contributed by atoms with Crippen molar-refractivity contribution in [2.24, 2.45) is 17.4 Å². The fourth-order valence-corrected chi connectivity index (χ4v) is 1.90. The zero-order valence-corrected chi connectivity index (χ0v) is 15.1. The Morgan fingerprint density at radius 2 is 1.62 bits per heavy atom. The van der Waals surface area contributed by atoms with Gasteiger partial charge in [-0.05, 0) is 12.8 Å². The molecule has 11 nitrogen and oxygen atoms in total. The Labute approximate surface area is 151 Å². The third kappa shape index (κ3) is 8.42. The summed E-state index contributed by atoms with van der Waals surface area (Å²) in [6.45, 7) is 4.37. The smallest absolute Gasteiger partial charge is 0.325 e. The molecule has 26 heavy (non-hydrogen) atoms. The first-order chi connectivity index (χ1) is 12.0. The van der Waals surface area contributed by atoms with E-state index in [1.54, 1.807) is 6.92 Å². The number of hydrogen-bond donors (Lipinski definition) is 6. The predicted octanol–water partition coefficient (Wildman–Crippen LogP) is -2.57. The molecule has 0 spiro atoms. The van der Waals surface area contributed by atoms with Crippen LogP contribution in [0.2, 0.25) is 0 Å². The molecule has 0 heterocycles. The number of rotatable bonds is 11. The molecule has 4 unspecified atom stereocenters. The first-order valence-corrected chi connectivity index (χ1v) is 8.13. The molecule has 0 aliphatic rings. The lowest BCUT2D eigenvalue weighted by atomic mass is 9.98. The van der Waals surface area contributed by atoms with Crippen LogP contribution >= 0.6 is 0 Å². The maximum absolute atomic E-state index is 12.2. The third-order valence-corrected chi connectivity index (χ3v) is 3.72. The lowest BCUT2D eigenvalue weighted by Crippen LogP contribution is -2.55. The van der Waals surface area contributed by atoms with Gasteiger partial charge in [-0.25, -0.2) is 0 Å². The van der Waals surface area contributed by atoms with E-state index in [0.29, 0.717) is 6.42 Å². The molecule has 4 amide bonds. The minimum Gasteiger partial charge on any atom is -0.480 e. The van der Waals surface area contributed by atoms with Crippen LogP contribution in [0.1, 0.15) is 33.6 Å². The summed E-state index contributed by atoms with van der Waals surface area (Å²) in [6, 6.07) is -3.26. The van der Waals surface area contributed by atoms with E-state index in [2.05, 4.69) is 16.0 Å². The van der Waals surface area contributed by atoms with Crippen molar-refractivity contribution in [3.05, 3.63) is 0 Å². The van der Waals surface area contributed by atoms with Crippen molar-refractivity contribution < 1.29 is 29.1 Å². The number of hydrogen-bond acceptors (Lipinski definition) is 6. The van der Waals surface area contributed by atoms with Crippen molar-refractivity contribution in [1.29, 1.82) is 0 Å². The minimum absolute atomic E-state index is 0.271. The Balaban J connectivity index is 4.74. The Morgan fingerprint density at radius 3 is 2.08 bits per heavy atom. The van der Waals surface area contributed by atoms with E-state index in [4.69, 9.17) is 16.6 Å². The lowest BCUT2D eigenvalue weighted by Gasteiger charge is -2.24. The van der Waals surface area contributed by atoms with Gasteiger partial charge in [0.2, 0.25) is 23.6 Å². The van der Waals surface area contributed by atoms with Crippen LogP contribution in [0.5, 0.6) is 0 Å². The molecule has 0 aromatic carbocycles. The Bertz CT molecular complexity index is 553. The van der Waals surface area contributed by atoms with Crippen molar-refractivity contribution in [1.82, 2.24) is 16.0 Å². The Morgan fingerprint density at radius 1 is 1.04 bits per heavy atom.